The Morgan fingerprint density at radius 3 is 2.57 bits per heavy atom. The van der Waals surface area contributed by atoms with Crippen LogP contribution >= 0.6 is 11.6 Å². The van der Waals surface area contributed by atoms with Gasteiger partial charge in [-0.1, -0.05) is 44.0 Å². The smallest absolute Gasteiger partial charge is 0.240 e. The summed E-state index contributed by atoms with van der Waals surface area (Å²) in [6.45, 7) is 4.00. The molecular formula is C22H25ClN4O3. The monoisotopic (exact) mass is 428 g/mol. The van der Waals surface area contributed by atoms with Crippen molar-refractivity contribution in [1.29, 1.82) is 0 Å². The van der Waals surface area contributed by atoms with Crippen LogP contribution in [-0.4, -0.2) is 27.4 Å². The summed E-state index contributed by atoms with van der Waals surface area (Å²) in [5.41, 5.74) is 7.04. The number of rotatable bonds is 9. The maximum absolute atomic E-state index is 12.7. The van der Waals surface area contributed by atoms with E-state index in [-0.39, 0.29) is 25.0 Å². The summed E-state index contributed by atoms with van der Waals surface area (Å²) in [7, 11) is 0. The van der Waals surface area contributed by atoms with Crippen molar-refractivity contribution in [3.63, 3.8) is 0 Å². The Hall–Kier alpha value is -3.06. The molecule has 0 aliphatic heterocycles. The van der Waals surface area contributed by atoms with Gasteiger partial charge in [-0.2, -0.15) is 0 Å². The number of imidazole rings is 1. The van der Waals surface area contributed by atoms with Gasteiger partial charge in [0.25, 0.3) is 0 Å². The number of para-hydroxylation sites is 2. The van der Waals surface area contributed by atoms with Gasteiger partial charge in [0.2, 0.25) is 11.8 Å². The van der Waals surface area contributed by atoms with Crippen molar-refractivity contribution in [2.45, 2.75) is 39.5 Å². The van der Waals surface area contributed by atoms with E-state index in [4.69, 9.17) is 22.1 Å². The fourth-order valence-electron chi connectivity index (χ4n) is 3.18. The maximum atomic E-state index is 12.7. The number of halogens is 1. The number of nitrogens with zero attached hydrogens (tertiary/aromatic N) is 2. The van der Waals surface area contributed by atoms with Crippen LogP contribution in [0.1, 0.15) is 26.1 Å². The van der Waals surface area contributed by atoms with Gasteiger partial charge in [0.05, 0.1) is 11.0 Å². The molecular weight excluding hydrogens is 404 g/mol. The number of carbonyl (C=O) groups excluding carboxylic acids is 2. The van der Waals surface area contributed by atoms with E-state index >= 15 is 0 Å². The van der Waals surface area contributed by atoms with Crippen LogP contribution in [0.3, 0.4) is 0 Å². The topological polar surface area (TPSA) is 99.2 Å². The van der Waals surface area contributed by atoms with Crippen LogP contribution in [-0.2, 0) is 22.7 Å². The summed E-state index contributed by atoms with van der Waals surface area (Å²) >= 11 is 5.91. The third-order valence-electron chi connectivity index (χ3n) is 5.05. The molecule has 0 radical (unpaired) electrons. The molecule has 0 bridgehead atoms. The molecule has 2 atom stereocenters. The van der Waals surface area contributed by atoms with E-state index in [0.717, 1.165) is 17.5 Å². The number of primary amides is 1. The largest absolute Gasteiger partial charge is 0.486 e. The lowest BCUT2D eigenvalue weighted by molar-refractivity contribution is -0.128. The minimum absolute atomic E-state index is 0.0000385. The van der Waals surface area contributed by atoms with E-state index in [1.165, 1.54) is 0 Å². The lowest BCUT2D eigenvalue weighted by Crippen LogP contribution is -2.49. The van der Waals surface area contributed by atoms with Gasteiger partial charge in [0.1, 0.15) is 30.8 Å². The average Bonchev–Trinajstić information content (AvgIpc) is 3.08. The number of amides is 2. The van der Waals surface area contributed by atoms with E-state index in [0.29, 0.717) is 16.6 Å². The number of hydrogen-bond donors (Lipinski definition) is 2. The quantitative estimate of drug-likeness (QED) is 0.546. The van der Waals surface area contributed by atoms with Gasteiger partial charge >= 0.3 is 0 Å². The molecule has 3 N–H and O–H groups in total. The number of nitrogens with one attached hydrogen (secondary N) is 1. The summed E-state index contributed by atoms with van der Waals surface area (Å²) < 4.78 is 7.61. The summed E-state index contributed by atoms with van der Waals surface area (Å²) in [5.74, 6) is 0.335. The molecule has 0 saturated heterocycles. The molecule has 1 heterocycles. The Labute approximate surface area is 180 Å². The van der Waals surface area contributed by atoms with E-state index in [9.17, 15) is 9.59 Å². The van der Waals surface area contributed by atoms with Crippen LogP contribution in [0.15, 0.2) is 48.5 Å². The van der Waals surface area contributed by atoms with E-state index in [1.54, 1.807) is 28.8 Å². The fourth-order valence-corrected chi connectivity index (χ4v) is 3.31. The minimum atomic E-state index is -0.717. The second-order valence-corrected chi connectivity index (χ2v) is 7.62. The van der Waals surface area contributed by atoms with E-state index in [1.807, 2.05) is 38.1 Å². The van der Waals surface area contributed by atoms with Gasteiger partial charge in [0, 0.05) is 5.02 Å². The number of benzene rings is 2. The maximum Gasteiger partial charge on any atom is 0.240 e. The van der Waals surface area contributed by atoms with Gasteiger partial charge in [-0.25, -0.2) is 4.98 Å². The number of nitrogens with two attached hydrogens (primary N) is 1. The predicted molar refractivity (Wildman–Crippen MR) is 116 cm³/mol. The van der Waals surface area contributed by atoms with Crippen molar-refractivity contribution in [3.8, 4) is 5.75 Å². The second kappa shape index (κ2) is 9.63. The second-order valence-electron chi connectivity index (χ2n) is 7.18. The Morgan fingerprint density at radius 2 is 1.90 bits per heavy atom. The zero-order chi connectivity index (χ0) is 21.7. The standard InChI is InChI=1S/C22H25ClN4O3/c1-3-14(2)21(22(24)29)26-20(28)12-27-18-7-5-4-6-17(18)25-19(27)13-30-16-10-8-15(23)9-11-16/h4-11,14,21H,3,12-13H2,1-2H3,(H2,24,29)(H,26,28). The number of hydrogen-bond acceptors (Lipinski definition) is 4. The van der Waals surface area contributed by atoms with Crippen LogP contribution in [0.2, 0.25) is 5.02 Å². The van der Waals surface area contributed by atoms with Crippen molar-refractivity contribution in [3.05, 3.63) is 59.4 Å². The van der Waals surface area contributed by atoms with Crippen molar-refractivity contribution in [2.75, 3.05) is 0 Å². The highest BCUT2D eigenvalue weighted by Gasteiger charge is 2.24. The lowest BCUT2D eigenvalue weighted by atomic mass is 9.98. The van der Waals surface area contributed by atoms with Crippen molar-refractivity contribution in [1.82, 2.24) is 14.9 Å². The molecule has 7 nitrogen and oxygen atoms in total. The summed E-state index contributed by atoms with van der Waals surface area (Å²) in [5, 5.41) is 3.38. The highest BCUT2D eigenvalue weighted by molar-refractivity contribution is 6.30. The van der Waals surface area contributed by atoms with Crippen LogP contribution in [0.25, 0.3) is 11.0 Å². The van der Waals surface area contributed by atoms with Crippen molar-refractivity contribution < 1.29 is 14.3 Å². The van der Waals surface area contributed by atoms with Gasteiger partial charge < -0.3 is 20.4 Å². The number of fused-ring (bicyclic) bond motifs is 1. The molecule has 0 aliphatic carbocycles. The zero-order valence-corrected chi connectivity index (χ0v) is 17.7. The number of ether oxygens (including phenoxy) is 1. The first-order chi connectivity index (χ1) is 14.4. The van der Waals surface area contributed by atoms with Crippen molar-refractivity contribution >= 4 is 34.4 Å². The molecule has 0 saturated carbocycles. The van der Waals surface area contributed by atoms with Gasteiger partial charge in [-0.3, -0.25) is 9.59 Å². The molecule has 30 heavy (non-hydrogen) atoms. The number of aromatic nitrogens is 2. The molecule has 0 aliphatic rings. The Bertz CT molecular complexity index is 1030. The minimum Gasteiger partial charge on any atom is -0.486 e. The highest BCUT2D eigenvalue weighted by atomic mass is 35.5. The molecule has 8 heteroatoms. The molecule has 0 fully saturated rings. The summed E-state index contributed by atoms with van der Waals surface area (Å²) in [6.07, 6.45) is 0.724. The van der Waals surface area contributed by atoms with E-state index in [2.05, 4.69) is 10.3 Å². The molecule has 3 aromatic rings. The molecule has 3 rings (SSSR count). The normalized spacial score (nSPS) is 13.0. The SMILES string of the molecule is CCC(C)C(NC(=O)Cn1c(COc2ccc(Cl)cc2)nc2ccccc21)C(N)=O. The fraction of sp³-hybridized carbons (Fsp3) is 0.318. The molecule has 1 aromatic heterocycles. The van der Waals surface area contributed by atoms with Crippen LogP contribution in [0.5, 0.6) is 5.75 Å². The predicted octanol–water partition coefficient (Wildman–Crippen LogP) is 3.28. The molecule has 0 spiro atoms. The molecule has 2 aromatic carbocycles. The first kappa shape index (κ1) is 21.6. The van der Waals surface area contributed by atoms with Crippen LogP contribution in [0, 0.1) is 5.92 Å². The molecule has 2 amide bonds. The van der Waals surface area contributed by atoms with Gasteiger partial charge in [-0.05, 0) is 42.3 Å². The first-order valence-corrected chi connectivity index (χ1v) is 10.2. The van der Waals surface area contributed by atoms with Gasteiger partial charge in [-0.15, -0.1) is 0 Å². The highest BCUT2D eigenvalue weighted by Crippen LogP contribution is 2.20. The van der Waals surface area contributed by atoms with Gasteiger partial charge in [0.15, 0.2) is 0 Å². The summed E-state index contributed by atoms with van der Waals surface area (Å²) in [6, 6.07) is 13.8. The lowest BCUT2D eigenvalue weighted by Gasteiger charge is -2.21. The third-order valence-corrected chi connectivity index (χ3v) is 5.30. The molecule has 158 valence electrons. The first-order valence-electron chi connectivity index (χ1n) is 9.80. The van der Waals surface area contributed by atoms with E-state index < -0.39 is 11.9 Å². The summed E-state index contributed by atoms with van der Waals surface area (Å²) in [4.78, 5) is 29.1. The van der Waals surface area contributed by atoms with Crippen molar-refractivity contribution in [2.24, 2.45) is 11.7 Å². The third kappa shape index (κ3) is 5.10. The Balaban J connectivity index is 1.81. The van der Waals surface area contributed by atoms with Crippen LogP contribution < -0.4 is 15.8 Å². The Morgan fingerprint density at radius 1 is 1.20 bits per heavy atom. The number of carbonyl (C=O) groups is 2. The molecule has 2 unspecified atom stereocenters. The van der Waals surface area contributed by atoms with Crippen LogP contribution in [0.4, 0.5) is 0 Å². The average molecular weight is 429 g/mol. The Kier molecular flexibility index (Phi) is 6.95. The zero-order valence-electron chi connectivity index (χ0n) is 17.0.